The molecule has 0 bridgehead atoms. The summed E-state index contributed by atoms with van der Waals surface area (Å²) < 4.78 is 4.95. The van der Waals surface area contributed by atoms with Gasteiger partial charge in [-0.05, 0) is 46.5 Å². The van der Waals surface area contributed by atoms with Crippen molar-refractivity contribution in [3.05, 3.63) is 104 Å². The van der Waals surface area contributed by atoms with Gasteiger partial charge in [-0.3, -0.25) is 19.2 Å². The van der Waals surface area contributed by atoms with Crippen molar-refractivity contribution in [1.29, 1.82) is 0 Å². The van der Waals surface area contributed by atoms with Crippen LogP contribution in [0.3, 0.4) is 0 Å². The van der Waals surface area contributed by atoms with E-state index in [1.807, 2.05) is 36.4 Å². The number of ketones is 4. The number of fused-ring (bicyclic) bond motifs is 9. The molecule has 0 unspecified atom stereocenters. The number of hydrogen-bond acceptors (Lipinski definition) is 8. The van der Waals surface area contributed by atoms with E-state index in [0.29, 0.717) is 33.4 Å². The number of carbonyl (C=O) groups is 4. The summed E-state index contributed by atoms with van der Waals surface area (Å²) in [4.78, 5) is 55.1. The first-order chi connectivity index (χ1) is 20.7. The predicted molar refractivity (Wildman–Crippen MR) is 178 cm³/mol. The van der Waals surface area contributed by atoms with E-state index in [1.54, 1.807) is 69.6 Å². The van der Waals surface area contributed by atoms with Gasteiger partial charge in [-0.1, -0.05) is 62.4 Å². The Bertz CT molecular complexity index is 2400. The molecule has 0 amide bonds. The molecule has 0 radical (unpaired) electrons. The average Bonchev–Trinajstić information content (AvgIpc) is 3.83. The molecule has 6 aromatic rings. The van der Waals surface area contributed by atoms with E-state index in [4.69, 9.17) is 0 Å². The molecule has 0 saturated carbocycles. The highest BCUT2D eigenvalue weighted by atomic mass is 32.1. The Morgan fingerprint density at radius 2 is 1.12 bits per heavy atom. The van der Waals surface area contributed by atoms with Gasteiger partial charge in [-0.25, -0.2) is 0 Å². The highest BCUT2D eigenvalue weighted by Gasteiger charge is 2.42. The van der Waals surface area contributed by atoms with Crippen LogP contribution >= 0.6 is 45.3 Å². The summed E-state index contributed by atoms with van der Waals surface area (Å²) in [6.07, 6.45) is 3.75. The van der Waals surface area contributed by atoms with Crippen molar-refractivity contribution in [3.8, 4) is 9.75 Å². The van der Waals surface area contributed by atoms with Crippen molar-refractivity contribution in [3.63, 3.8) is 0 Å². The van der Waals surface area contributed by atoms with E-state index in [2.05, 4.69) is 26.0 Å². The second kappa shape index (κ2) is 8.51. The molecule has 0 saturated heterocycles. The lowest BCUT2D eigenvalue weighted by Gasteiger charge is -2.19. The molecule has 3 aliphatic rings. The van der Waals surface area contributed by atoms with E-state index < -0.39 is 23.1 Å². The number of rotatable bonds is 2. The molecule has 0 aliphatic heterocycles. The first-order valence-corrected chi connectivity index (χ1v) is 16.9. The molecule has 43 heavy (non-hydrogen) atoms. The zero-order valence-corrected chi connectivity index (χ0v) is 26.0. The molecule has 9 rings (SSSR count). The van der Waals surface area contributed by atoms with Gasteiger partial charge < -0.3 is 0 Å². The van der Waals surface area contributed by atoms with Crippen molar-refractivity contribution in [2.24, 2.45) is 0 Å². The Labute approximate surface area is 261 Å². The molecule has 2 aromatic carbocycles. The third-order valence-corrected chi connectivity index (χ3v) is 13.7. The number of carbonyl (C=O) groups excluding carboxylic acids is 4. The molecule has 4 aromatic heterocycles. The van der Waals surface area contributed by atoms with E-state index in [-0.39, 0.29) is 5.41 Å². The van der Waals surface area contributed by atoms with Crippen molar-refractivity contribution < 1.29 is 19.2 Å². The monoisotopic (exact) mass is 630 g/mol. The minimum atomic E-state index is -0.442. The molecular formula is C35H18O4S4. The number of allylic oxidation sites excluding steroid dienone is 2. The molecule has 206 valence electrons. The Hall–Kier alpha value is -4.08. The van der Waals surface area contributed by atoms with Gasteiger partial charge in [-0.2, -0.15) is 0 Å². The topological polar surface area (TPSA) is 68.3 Å². The van der Waals surface area contributed by atoms with Crippen LogP contribution in [0, 0.1) is 0 Å². The number of thiophene rings is 4. The summed E-state index contributed by atoms with van der Waals surface area (Å²) in [6, 6.07) is 18.7. The van der Waals surface area contributed by atoms with Crippen LogP contribution in [0.5, 0.6) is 0 Å². The van der Waals surface area contributed by atoms with Crippen LogP contribution in [0.2, 0.25) is 0 Å². The molecule has 4 heterocycles. The van der Waals surface area contributed by atoms with Gasteiger partial charge in [-0.15, -0.1) is 45.3 Å². The first kappa shape index (κ1) is 25.4. The van der Waals surface area contributed by atoms with Crippen LogP contribution in [-0.2, 0) is 15.0 Å². The van der Waals surface area contributed by atoms with Gasteiger partial charge in [0.25, 0.3) is 0 Å². The Kier molecular flexibility index (Phi) is 5.03. The van der Waals surface area contributed by atoms with Gasteiger partial charge in [0.2, 0.25) is 23.1 Å². The van der Waals surface area contributed by atoms with E-state index in [9.17, 15) is 19.2 Å². The van der Waals surface area contributed by atoms with E-state index >= 15 is 0 Å². The zero-order valence-electron chi connectivity index (χ0n) is 22.7. The number of hydrogen-bond donors (Lipinski definition) is 0. The van der Waals surface area contributed by atoms with Crippen molar-refractivity contribution in [1.82, 2.24) is 0 Å². The van der Waals surface area contributed by atoms with E-state index in [0.717, 1.165) is 9.75 Å². The summed E-state index contributed by atoms with van der Waals surface area (Å²) in [7, 11) is 0. The molecular weight excluding hydrogens is 613 g/mol. The van der Waals surface area contributed by atoms with Gasteiger partial charge in [0.05, 0.1) is 19.0 Å². The van der Waals surface area contributed by atoms with Gasteiger partial charge in [0, 0.05) is 47.0 Å². The maximum Gasteiger partial charge on any atom is 0.234 e. The average molecular weight is 631 g/mol. The highest BCUT2D eigenvalue weighted by Crippen LogP contribution is 2.61. The summed E-state index contributed by atoms with van der Waals surface area (Å²) in [6.45, 7) is 4.52. The summed E-state index contributed by atoms with van der Waals surface area (Å²) in [5, 5.41) is 0. The number of Topliss-reactive ketones (excluding diaryl/α,β-unsaturated/α-hetero) is 4. The van der Waals surface area contributed by atoms with Crippen LogP contribution in [0.1, 0.15) is 66.6 Å². The van der Waals surface area contributed by atoms with Crippen molar-refractivity contribution in [2.45, 2.75) is 19.3 Å². The molecule has 0 spiro atoms. The van der Waals surface area contributed by atoms with Gasteiger partial charge in [0.15, 0.2) is 0 Å². The fourth-order valence-electron chi connectivity index (χ4n) is 6.58. The van der Waals surface area contributed by atoms with Crippen LogP contribution in [0.25, 0.3) is 51.9 Å². The lowest BCUT2D eigenvalue weighted by Crippen LogP contribution is -2.13. The van der Waals surface area contributed by atoms with Crippen LogP contribution in [0.15, 0.2) is 60.7 Å². The summed E-state index contributed by atoms with van der Waals surface area (Å²) in [5.74, 6) is -1.75. The zero-order chi connectivity index (χ0) is 29.4. The fraction of sp³-hybridized carbons (Fsp3) is 0.0857. The maximum absolute atomic E-state index is 12.8. The summed E-state index contributed by atoms with van der Waals surface area (Å²) >= 11 is 6.93. The molecule has 4 nitrogen and oxygen atoms in total. The second-order valence-corrected chi connectivity index (χ2v) is 15.7. The first-order valence-electron chi connectivity index (χ1n) is 13.7. The normalized spacial score (nSPS) is 18.5. The lowest BCUT2D eigenvalue weighted by atomic mass is 9.84. The molecule has 8 heteroatoms. The largest absolute Gasteiger partial charge is 0.285 e. The minimum Gasteiger partial charge on any atom is -0.285 e. The van der Waals surface area contributed by atoms with Crippen LogP contribution in [-0.4, -0.2) is 23.1 Å². The standard InChI is InChI=1S/C35H18O4S4/c1-35(2)23-13-15(11-21-17-7-3-5-9-19(17)26(36)28(21)38)40-30(23)32-25(35)33-34(43-32)31-24(42-33)14-16(41-31)12-22-18-8-4-6-10-20(18)27(37)29(22)39/h3-14H,1-2H3/b21-11-,22-12-. The molecule has 0 atom stereocenters. The smallest absolute Gasteiger partial charge is 0.234 e. The number of benzene rings is 2. The Morgan fingerprint density at radius 1 is 0.558 bits per heavy atom. The third kappa shape index (κ3) is 3.29. The Balaban J connectivity index is 1.14. The molecule has 0 N–H and O–H groups in total. The molecule has 0 fully saturated rings. The molecule has 3 aliphatic carbocycles. The quantitative estimate of drug-likeness (QED) is 0.141. The van der Waals surface area contributed by atoms with Crippen molar-refractivity contribution in [2.75, 3.05) is 0 Å². The maximum atomic E-state index is 12.8. The Morgan fingerprint density at radius 3 is 1.72 bits per heavy atom. The van der Waals surface area contributed by atoms with Gasteiger partial charge >= 0.3 is 0 Å². The lowest BCUT2D eigenvalue weighted by molar-refractivity contribution is -0.110. The fourth-order valence-corrected chi connectivity index (χ4v) is 12.5. The second-order valence-electron chi connectivity index (χ2n) is 11.4. The highest BCUT2D eigenvalue weighted by molar-refractivity contribution is 7.40. The minimum absolute atomic E-state index is 0.207. The van der Waals surface area contributed by atoms with Gasteiger partial charge in [0.1, 0.15) is 0 Å². The van der Waals surface area contributed by atoms with Crippen LogP contribution in [0.4, 0.5) is 0 Å². The SMILES string of the molecule is CC1(C)c2cc(/C=C3\C(=O)C(=O)c4ccccc43)sc2-c2sc3c(sc4cc(/C=C5\C(=O)C(=O)c6ccccc65)sc43)c21. The van der Waals surface area contributed by atoms with Crippen LogP contribution < -0.4 is 0 Å². The predicted octanol–water partition coefficient (Wildman–Crippen LogP) is 9.16. The summed E-state index contributed by atoms with van der Waals surface area (Å²) in [5.41, 5.74) is 5.71. The van der Waals surface area contributed by atoms with E-state index in [1.165, 1.54) is 39.7 Å². The van der Waals surface area contributed by atoms with Crippen molar-refractivity contribution >= 4 is 111 Å². The third-order valence-electron chi connectivity index (χ3n) is 8.65.